The molecule has 0 saturated heterocycles. The standard InChI is InChI=1S/C13H13ClN4OS/c1-7-8(4-3-5-10(7)14)13(19)17-12-9(11(15)20)6-16-18(12)2/h3-6H,1-2H3,(H2,15,20)(H,17,19). The second kappa shape index (κ2) is 5.60. The molecule has 0 aliphatic heterocycles. The van der Waals surface area contributed by atoms with Crippen molar-refractivity contribution in [3.05, 3.63) is 46.1 Å². The molecule has 2 aromatic rings. The number of aryl methyl sites for hydroxylation is 1. The normalized spacial score (nSPS) is 10.3. The van der Waals surface area contributed by atoms with E-state index in [1.165, 1.54) is 10.9 Å². The van der Waals surface area contributed by atoms with Crippen LogP contribution in [0.15, 0.2) is 24.4 Å². The minimum Gasteiger partial charge on any atom is -0.389 e. The average molecular weight is 309 g/mol. The minimum absolute atomic E-state index is 0.177. The van der Waals surface area contributed by atoms with Crippen LogP contribution in [-0.4, -0.2) is 20.7 Å². The topological polar surface area (TPSA) is 72.9 Å². The van der Waals surface area contributed by atoms with Gasteiger partial charge in [-0.15, -0.1) is 0 Å². The Hall–Kier alpha value is -1.92. The van der Waals surface area contributed by atoms with Gasteiger partial charge in [0.1, 0.15) is 10.8 Å². The molecular formula is C13H13ClN4OS. The van der Waals surface area contributed by atoms with Crippen molar-refractivity contribution in [2.75, 3.05) is 5.32 Å². The summed E-state index contributed by atoms with van der Waals surface area (Å²) in [6.45, 7) is 1.79. The Morgan fingerprint density at radius 1 is 1.45 bits per heavy atom. The molecule has 3 N–H and O–H groups in total. The zero-order chi connectivity index (χ0) is 14.9. The van der Waals surface area contributed by atoms with Crippen LogP contribution in [0.4, 0.5) is 5.82 Å². The molecule has 0 bridgehead atoms. The van der Waals surface area contributed by atoms with E-state index in [9.17, 15) is 4.79 Å². The Balaban J connectivity index is 2.35. The number of nitrogens with zero attached hydrogens (tertiary/aromatic N) is 2. The van der Waals surface area contributed by atoms with E-state index in [-0.39, 0.29) is 10.9 Å². The van der Waals surface area contributed by atoms with Crippen LogP contribution in [0.2, 0.25) is 5.02 Å². The first-order valence-electron chi connectivity index (χ1n) is 5.80. The van der Waals surface area contributed by atoms with Crippen molar-refractivity contribution >= 4 is 40.5 Å². The molecule has 7 heteroatoms. The summed E-state index contributed by atoms with van der Waals surface area (Å²) in [7, 11) is 1.70. The molecule has 5 nitrogen and oxygen atoms in total. The van der Waals surface area contributed by atoms with Gasteiger partial charge in [0.05, 0.1) is 11.8 Å². The van der Waals surface area contributed by atoms with Crippen LogP contribution >= 0.6 is 23.8 Å². The maximum absolute atomic E-state index is 12.3. The fourth-order valence-corrected chi connectivity index (χ4v) is 2.12. The SMILES string of the molecule is Cc1c(Cl)cccc1C(=O)Nc1c(C(N)=S)cnn1C. The van der Waals surface area contributed by atoms with Crippen LogP contribution in [0.5, 0.6) is 0 Å². The van der Waals surface area contributed by atoms with Crippen molar-refractivity contribution in [3.8, 4) is 0 Å². The van der Waals surface area contributed by atoms with E-state index in [0.29, 0.717) is 27.5 Å². The average Bonchev–Trinajstić information content (AvgIpc) is 2.74. The number of amides is 1. The zero-order valence-corrected chi connectivity index (χ0v) is 12.5. The lowest BCUT2D eigenvalue weighted by molar-refractivity contribution is 0.102. The van der Waals surface area contributed by atoms with Crippen LogP contribution < -0.4 is 11.1 Å². The van der Waals surface area contributed by atoms with Gasteiger partial charge in [-0.2, -0.15) is 5.10 Å². The first kappa shape index (κ1) is 14.5. The molecule has 0 spiro atoms. The van der Waals surface area contributed by atoms with Crippen molar-refractivity contribution in [3.63, 3.8) is 0 Å². The highest BCUT2D eigenvalue weighted by atomic mass is 35.5. The molecule has 0 saturated carbocycles. The molecule has 1 aromatic heterocycles. The van der Waals surface area contributed by atoms with Crippen LogP contribution in [0, 0.1) is 6.92 Å². The molecule has 0 aliphatic rings. The van der Waals surface area contributed by atoms with Crippen molar-refractivity contribution in [2.24, 2.45) is 12.8 Å². The number of thiocarbonyl (C=S) groups is 1. The smallest absolute Gasteiger partial charge is 0.257 e. The summed E-state index contributed by atoms with van der Waals surface area (Å²) in [5.74, 6) is 0.174. The molecule has 2 rings (SSSR count). The Kier molecular flexibility index (Phi) is 4.06. The van der Waals surface area contributed by atoms with Crippen molar-refractivity contribution in [2.45, 2.75) is 6.92 Å². The van der Waals surface area contributed by atoms with Gasteiger partial charge in [-0.1, -0.05) is 29.9 Å². The number of aromatic nitrogens is 2. The molecule has 0 fully saturated rings. The highest BCUT2D eigenvalue weighted by molar-refractivity contribution is 7.80. The Morgan fingerprint density at radius 2 is 2.15 bits per heavy atom. The third-order valence-electron chi connectivity index (χ3n) is 2.95. The van der Waals surface area contributed by atoms with Gasteiger partial charge in [-0.3, -0.25) is 9.48 Å². The molecule has 0 aliphatic carbocycles. The third-order valence-corrected chi connectivity index (χ3v) is 3.58. The highest BCUT2D eigenvalue weighted by Gasteiger charge is 2.16. The van der Waals surface area contributed by atoms with Gasteiger partial charge in [-0.25, -0.2) is 0 Å². The fourth-order valence-electron chi connectivity index (χ4n) is 1.79. The number of halogens is 1. The highest BCUT2D eigenvalue weighted by Crippen LogP contribution is 2.21. The van der Waals surface area contributed by atoms with E-state index < -0.39 is 0 Å². The Morgan fingerprint density at radius 3 is 2.80 bits per heavy atom. The minimum atomic E-state index is -0.286. The largest absolute Gasteiger partial charge is 0.389 e. The van der Waals surface area contributed by atoms with Crippen LogP contribution in [0.25, 0.3) is 0 Å². The van der Waals surface area contributed by atoms with Crippen LogP contribution in [0.3, 0.4) is 0 Å². The molecule has 1 aromatic carbocycles. The number of benzene rings is 1. The van der Waals surface area contributed by atoms with Gasteiger partial charge in [-0.05, 0) is 24.6 Å². The van der Waals surface area contributed by atoms with E-state index in [4.69, 9.17) is 29.6 Å². The lowest BCUT2D eigenvalue weighted by Gasteiger charge is -2.10. The number of hydrogen-bond acceptors (Lipinski definition) is 3. The van der Waals surface area contributed by atoms with Crippen molar-refractivity contribution in [1.82, 2.24) is 9.78 Å². The maximum Gasteiger partial charge on any atom is 0.257 e. The summed E-state index contributed by atoms with van der Waals surface area (Å²) < 4.78 is 1.51. The number of carbonyl (C=O) groups excluding carboxylic acids is 1. The number of nitrogens with two attached hydrogens (primary N) is 1. The molecule has 1 amide bonds. The summed E-state index contributed by atoms with van der Waals surface area (Å²) in [6.07, 6.45) is 1.52. The number of nitrogens with one attached hydrogen (secondary N) is 1. The second-order valence-corrected chi connectivity index (χ2v) is 5.11. The number of anilines is 1. The van der Waals surface area contributed by atoms with Crippen molar-refractivity contribution in [1.29, 1.82) is 0 Å². The molecular weight excluding hydrogens is 296 g/mol. The Labute approximate surface area is 126 Å². The van der Waals surface area contributed by atoms with Crippen LogP contribution in [0.1, 0.15) is 21.5 Å². The Bertz CT molecular complexity index is 696. The van der Waals surface area contributed by atoms with E-state index >= 15 is 0 Å². The van der Waals surface area contributed by atoms with Gasteiger partial charge in [0, 0.05) is 17.6 Å². The third kappa shape index (κ3) is 2.66. The van der Waals surface area contributed by atoms with Gasteiger partial charge >= 0.3 is 0 Å². The lowest BCUT2D eigenvalue weighted by atomic mass is 10.1. The summed E-state index contributed by atoms with van der Waals surface area (Å²) >= 11 is 10.9. The summed E-state index contributed by atoms with van der Waals surface area (Å²) in [5, 5.41) is 7.33. The first-order valence-corrected chi connectivity index (χ1v) is 6.58. The van der Waals surface area contributed by atoms with E-state index in [1.807, 2.05) is 0 Å². The second-order valence-electron chi connectivity index (χ2n) is 4.26. The molecule has 0 atom stereocenters. The number of carbonyl (C=O) groups is 1. The molecule has 0 unspecified atom stereocenters. The lowest BCUT2D eigenvalue weighted by Crippen LogP contribution is -2.19. The summed E-state index contributed by atoms with van der Waals surface area (Å²) in [5.41, 5.74) is 7.33. The maximum atomic E-state index is 12.3. The monoisotopic (exact) mass is 308 g/mol. The number of rotatable bonds is 3. The van der Waals surface area contributed by atoms with Gasteiger partial charge in [0.25, 0.3) is 5.91 Å². The summed E-state index contributed by atoms with van der Waals surface area (Å²) in [6, 6.07) is 5.16. The van der Waals surface area contributed by atoms with Crippen molar-refractivity contribution < 1.29 is 4.79 Å². The fraction of sp³-hybridized carbons (Fsp3) is 0.154. The van der Waals surface area contributed by atoms with Gasteiger partial charge in [0.15, 0.2) is 0 Å². The van der Waals surface area contributed by atoms with Gasteiger partial charge in [0.2, 0.25) is 0 Å². The predicted molar refractivity (Wildman–Crippen MR) is 83.2 cm³/mol. The quantitative estimate of drug-likeness (QED) is 0.853. The molecule has 104 valence electrons. The molecule has 1 heterocycles. The first-order chi connectivity index (χ1) is 9.41. The van der Waals surface area contributed by atoms with E-state index in [1.54, 1.807) is 32.2 Å². The molecule has 20 heavy (non-hydrogen) atoms. The van der Waals surface area contributed by atoms with Gasteiger partial charge < -0.3 is 11.1 Å². The summed E-state index contributed by atoms with van der Waals surface area (Å²) in [4.78, 5) is 12.5. The van der Waals surface area contributed by atoms with E-state index in [2.05, 4.69) is 10.4 Å². The van der Waals surface area contributed by atoms with E-state index in [0.717, 1.165) is 0 Å². The molecule has 0 radical (unpaired) electrons. The van der Waals surface area contributed by atoms with Crippen LogP contribution in [-0.2, 0) is 7.05 Å². The predicted octanol–water partition coefficient (Wildman–Crippen LogP) is 2.27. The number of hydrogen-bond donors (Lipinski definition) is 2. The zero-order valence-electron chi connectivity index (χ0n) is 11.0.